The Morgan fingerprint density at radius 1 is 0.861 bits per heavy atom. The fraction of sp³-hybridized carbons (Fsp3) is 0.400. The van der Waals surface area contributed by atoms with Crippen LogP contribution in [0.25, 0.3) is 0 Å². The molecule has 0 radical (unpaired) electrons. The molecule has 11 heteroatoms. The van der Waals surface area contributed by atoms with Crippen molar-refractivity contribution < 1.29 is 44.4 Å². The number of nitrogens with two attached hydrogens (primary N) is 1. The predicted molar refractivity (Wildman–Crippen MR) is 137 cm³/mol. The number of nitrogens with zero attached hydrogens (tertiary/aromatic N) is 1. The van der Waals surface area contributed by atoms with Gasteiger partial charge in [-0.15, -0.1) is 0 Å². The molecule has 4 N–H and O–H groups in total. The maximum absolute atomic E-state index is 11.4. The molecule has 36 heavy (non-hydrogen) atoms. The molecule has 0 saturated heterocycles. The summed E-state index contributed by atoms with van der Waals surface area (Å²) in [6.45, 7) is 11.4. The number of non-ortho nitro benzene ring substituents is 1. The molecule has 0 aliphatic rings. The average Bonchev–Trinajstić information content (AvgIpc) is 2.69. The Hall–Kier alpha value is -3.16. The molecule has 0 aromatic heterocycles. The van der Waals surface area contributed by atoms with E-state index in [4.69, 9.17) is 15.2 Å². The normalized spacial score (nSPS) is 10.3. The summed E-state index contributed by atoms with van der Waals surface area (Å²) in [6.07, 6.45) is -0.969. The predicted octanol–water partition coefficient (Wildman–Crippen LogP) is 5.36. The van der Waals surface area contributed by atoms with E-state index >= 15 is 0 Å². The van der Waals surface area contributed by atoms with E-state index in [1.165, 1.54) is 12.1 Å². The number of benzene rings is 2. The average molecular weight is 596 g/mol. The molecule has 0 spiro atoms. The fourth-order valence-electron chi connectivity index (χ4n) is 2.46. The Morgan fingerprint density at radius 3 is 1.67 bits per heavy atom. The van der Waals surface area contributed by atoms with Gasteiger partial charge in [-0.1, -0.05) is 24.3 Å². The number of nitrogen functional groups attached to an aromatic ring is 1. The third-order valence-electron chi connectivity index (χ3n) is 3.74. The van der Waals surface area contributed by atoms with Crippen LogP contribution in [-0.2, 0) is 43.0 Å². The van der Waals surface area contributed by atoms with Crippen molar-refractivity contribution in [2.24, 2.45) is 0 Å². The van der Waals surface area contributed by atoms with Crippen molar-refractivity contribution in [1.29, 1.82) is 0 Å². The first-order chi connectivity index (χ1) is 15.6. The number of amides is 2. The Morgan fingerprint density at radius 2 is 1.28 bits per heavy atom. The van der Waals surface area contributed by atoms with Crippen LogP contribution in [0.15, 0.2) is 48.5 Å². The summed E-state index contributed by atoms with van der Waals surface area (Å²) in [5, 5.41) is 15.8. The van der Waals surface area contributed by atoms with E-state index in [-0.39, 0.29) is 40.1 Å². The molecule has 10 nitrogen and oxygen atoms in total. The number of carbonyl (C=O) groups is 2. The molecule has 2 aromatic rings. The van der Waals surface area contributed by atoms with Crippen LogP contribution in [0.5, 0.6) is 0 Å². The van der Waals surface area contributed by atoms with Crippen molar-refractivity contribution in [2.45, 2.75) is 65.8 Å². The first kappa shape index (κ1) is 35.0. The van der Waals surface area contributed by atoms with E-state index in [0.717, 1.165) is 5.56 Å². The second-order valence-corrected chi connectivity index (χ2v) is 9.38. The minimum atomic E-state index is -0.563. The first-order valence-corrected chi connectivity index (χ1v) is 10.7. The summed E-state index contributed by atoms with van der Waals surface area (Å²) >= 11 is 0. The number of hydrogen-bond donors (Lipinski definition) is 3. The summed E-state index contributed by atoms with van der Waals surface area (Å²) < 4.78 is 10.2. The number of nitro benzene ring substituents is 1. The van der Waals surface area contributed by atoms with Crippen LogP contribution in [0, 0.1) is 17.5 Å². The van der Waals surface area contributed by atoms with Gasteiger partial charge in [0.25, 0.3) is 5.69 Å². The molecule has 0 unspecified atom stereocenters. The summed E-state index contributed by atoms with van der Waals surface area (Å²) in [6, 6.07) is 13.5. The third kappa shape index (κ3) is 16.5. The number of rotatable bonds is 5. The minimum Gasteiger partial charge on any atom is -0.444 e. The van der Waals surface area contributed by atoms with Gasteiger partial charge in [0, 0.05) is 51.3 Å². The Bertz CT molecular complexity index is 987. The Labute approximate surface area is 227 Å². The van der Waals surface area contributed by atoms with Crippen molar-refractivity contribution in [2.75, 3.05) is 5.73 Å². The number of ether oxygens (including phenoxy) is 2. The topological polar surface area (TPSA) is 146 Å². The monoisotopic (exact) mass is 595 g/mol. The molecule has 2 rings (SSSR count). The van der Waals surface area contributed by atoms with Gasteiger partial charge in [-0.05, 0) is 64.8 Å². The van der Waals surface area contributed by atoms with Crippen LogP contribution in [0.4, 0.5) is 21.0 Å². The van der Waals surface area contributed by atoms with E-state index in [0.29, 0.717) is 17.8 Å². The number of alkyl carbamates (subject to hydrolysis) is 2. The van der Waals surface area contributed by atoms with Crippen molar-refractivity contribution in [3.05, 3.63) is 77.2 Å². The second-order valence-electron chi connectivity index (χ2n) is 9.38. The molecule has 2 aromatic carbocycles. The number of nitro groups is 1. The largest absolute Gasteiger partial charge is 0.444 e. The van der Waals surface area contributed by atoms with Crippen LogP contribution in [0.1, 0.15) is 52.7 Å². The number of nitrogens with one attached hydrogen (secondary N) is 2. The summed E-state index contributed by atoms with van der Waals surface area (Å²) in [4.78, 5) is 32.8. The standard InChI is InChI=1S/C12H16N2O4.C12H18N2O2.CH3.Pd/c1-12(2,3)18-11(15)13-8-9-5-4-6-10(7-9)14(16)17;1-12(2,3)16-11(15)14-8-9-5-4-6-10(13)7-9;;/h4-7H,8H2,1-3H3,(H,13,15);4-7H,8,13H2,1-3H3,(H,14,15);1H3;/q;;-1;. The van der Waals surface area contributed by atoms with E-state index < -0.39 is 28.3 Å². The molecule has 0 aliphatic carbocycles. The molecule has 204 valence electrons. The number of hydrogen-bond acceptors (Lipinski definition) is 7. The van der Waals surface area contributed by atoms with Gasteiger partial charge in [0.1, 0.15) is 11.2 Å². The minimum absolute atomic E-state index is 0. The second kappa shape index (κ2) is 15.8. The van der Waals surface area contributed by atoms with Crippen LogP contribution in [0.2, 0.25) is 0 Å². The van der Waals surface area contributed by atoms with E-state index in [2.05, 4.69) is 10.6 Å². The summed E-state index contributed by atoms with van der Waals surface area (Å²) in [5.41, 5.74) is 6.87. The molecule has 0 aliphatic heterocycles. The van der Waals surface area contributed by atoms with Gasteiger partial charge in [0.05, 0.1) is 4.92 Å². The molecular weight excluding hydrogens is 559 g/mol. The van der Waals surface area contributed by atoms with Crippen molar-refractivity contribution in [1.82, 2.24) is 10.6 Å². The zero-order chi connectivity index (χ0) is 25.9. The smallest absolute Gasteiger partial charge is 0.407 e. The first-order valence-electron chi connectivity index (χ1n) is 10.7. The maximum Gasteiger partial charge on any atom is 0.407 e. The van der Waals surface area contributed by atoms with Crippen LogP contribution in [0.3, 0.4) is 0 Å². The summed E-state index contributed by atoms with van der Waals surface area (Å²) in [7, 11) is 0. The van der Waals surface area contributed by atoms with E-state index in [1.807, 2.05) is 39.0 Å². The van der Waals surface area contributed by atoms with Crippen LogP contribution >= 0.6 is 0 Å². The zero-order valence-electron chi connectivity index (χ0n) is 21.8. The van der Waals surface area contributed by atoms with Gasteiger partial charge >= 0.3 is 12.2 Å². The zero-order valence-corrected chi connectivity index (χ0v) is 23.4. The molecule has 0 fully saturated rings. The SMILES string of the molecule is CC(C)(C)OC(=O)NCc1cccc(N)c1.CC(C)(C)OC(=O)NCc1cccc([N+](=O)[O-])c1.[CH3-].[Pd]. The Balaban J connectivity index is 0. The van der Waals surface area contributed by atoms with Gasteiger partial charge in [-0.2, -0.15) is 0 Å². The van der Waals surface area contributed by atoms with Crippen LogP contribution < -0.4 is 16.4 Å². The maximum atomic E-state index is 11.4. The van der Waals surface area contributed by atoms with Gasteiger partial charge in [0.15, 0.2) is 0 Å². The van der Waals surface area contributed by atoms with Crippen molar-refractivity contribution in [3.63, 3.8) is 0 Å². The molecule has 2 amide bonds. The Kier molecular flexibility index (Phi) is 15.3. The number of anilines is 1. The van der Waals surface area contributed by atoms with E-state index in [9.17, 15) is 19.7 Å². The van der Waals surface area contributed by atoms with Crippen molar-refractivity contribution >= 4 is 23.6 Å². The molecular formula is C25H37N4O6Pd-. The number of carbonyl (C=O) groups excluding carboxylic acids is 2. The van der Waals surface area contributed by atoms with Gasteiger partial charge in [-0.3, -0.25) is 10.1 Å². The van der Waals surface area contributed by atoms with Crippen molar-refractivity contribution in [3.8, 4) is 0 Å². The van der Waals surface area contributed by atoms with Gasteiger partial charge < -0.3 is 33.3 Å². The summed E-state index contributed by atoms with van der Waals surface area (Å²) in [5.74, 6) is 0. The third-order valence-corrected chi connectivity index (χ3v) is 3.74. The van der Waals surface area contributed by atoms with Gasteiger partial charge in [0.2, 0.25) is 0 Å². The quantitative estimate of drug-likeness (QED) is 0.139. The molecule has 0 saturated carbocycles. The molecule has 0 bridgehead atoms. The fourth-order valence-corrected chi connectivity index (χ4v) is 2.46. The molecule has 0 heterocycles. The van der Waals surface area contributed by atoms with Gasteiger partial charge in [-0.25, -0.2) is 9.59 Å². The van der Waals surface area contributed by atoms with Crippen LogP contribution in [-0.4, -0.2) is 28.3 Å². The van der Waals surface area contributed by atoms with E-state index in [1.54, 1.807) is 39.0 Å². The molecule has 0 atom stereocenters.